The largest absolute Gasteiger partial charge is 0.312 e. The van der Waals surface area contributed by atoms with Crippen LogP contribution in [0.25, 0.3) is 86.5 Å². The molecule has 1 fully saturated rings. The first-order valence-corrected chi connectivity index (χ1v) is 19.9. The Hall–Kier alpha value is -6.96. The van der Waals surface area contributed by atoms with Gasteiger partial charge in [0.25, 0.3) is 0 Å². The van der Waals surface area contributed by atoms with Crippen molar-refractivity contribution in [3.63, 3.8) is 0 Å². The highest BCUT2D eigenvalue weighted by molar-refractivity contribution is 6.30. The molecule has 10 aromatic rings. The highest BCUT2D eigenvalue weighted by Gasteiger charge is 2.60. The van der Waals surface area contributed by atoms with E-state index in [1.807, 2.05) is 0 Å². The molecular formula is C55H35N. The monoisotopic (exact) mass is 709 g/mol. The van der Waals surface area contributed by atoms with Crippen LogP contribution < -0.4 is 4.90 Å². The molecular weight excluding hydrogens is 675 g/mol. The molecule has 2 atom stereocenters. The number of hydrogen-bond acceptors (Lipinski definition) is 1. The summed E-state index contributed by atoms with van der Waals surface area (Å²) in [7, 11) is 0. The van der Waals surface area contributed by atoms with Crippen LogP contribution in [-0.4, -0.2) is 0 Å². The first-order chi connectivity index (χ1) is 27.7. The van der Waals surface area contributed by atoms with Gasteiger partial charge >= 0.3 is 0 Å². The Morgan fingerprint density at radius 3 is 2.04 bits per heavy atom. The predicted molar refractivity (Wildman–Crippen MR) is 239 cm³/mol. The zero-order chi connectivity index (χ0) is 36.5. The molecule has 10 aromatic carbocycles. The van der Waals surface area contributed by atoms with Crippen LogP contribution in [0, 0.1) is 11.3 Å². The molecule has 0 saturated heterocycles. The Morgan fingerprint density at radius 1 is 0.429 bits per heavy atom. The SMILES string of the molecule is C1=CC2=CC=CC3CC23C(N(c2cccc3ccccc23)c2cc3cccc4c(-c5cccc6c5ccc5cc7ccccc7cc56)cc5cccc2c5c34)=C1. The Kier molecular flexibility index (Phi) is 6.00. The topological polar surface area (TPSA) is 3.24 Å². The molecule has 1 spiro atoms. The van der Waals surface area contributed by atoms with Gasteiger partial charge < -0.3 is 4.90 Å². The number of benzene rings is 10. The molecule has 0 heterocycles. The number of hydrogen-bond donors (Lipinski definition) is 0. The molecule has 0 aliphatic heterocycles. The van der Waals surface area contributed by atoms with Gasteiger partial charge in [0.05, 0.1) is 11.4 Å². The molecule has 0 aromatic heterocycles. The minimum absolute atomic E-state index is 0.0177. The second-order valence-corrected chi connectivity index (χ2v) is 16.0. The standard InChI is InChI=1S/C55H35N/c1-2-13-36-30-48-37(29-35(36)12-1)27-28-45-43(48)21-10-22-44(45)49-31-38-15-6-24-47-51(32-39-16-5-23-46(49)53(39)54(38)47)56(50-25-7-14-34-11-3-4-20-42(34)50)52-26-9-18-40-17-8-19-41-33-55(40,41)52/h1-32,41H,33H2. The maximum Gasteiger partial charge on any atom is 0.0544 e. The molecule has 3 aliphatic carbocycles. The number of anilines is 2. The van der Waals surface area contributed by atoms with Crippen molar-refractivity contribution in [2.24, 2.45) is 11.3 Å². The van der Waals surface area contributed by atoms with Gasteiger partial charge in [-0.15, -0.1) is 0 Å². The molecule has 0 amide bonds. The molecule has 3 aliphatic rings. The van der Waals surface area contributed by atoms with E-state index in [2.05, 4.69) is 199 Å². The van der Waals surface area contributed by atoms with Crippen molar-refractivity contribution < 1.29 is 0 Å². The Balaban J connectivity index is 1.09. The summed E-state index contributed by atoms with van der Waals surface area (Å²) in [6.07, 6.45) is 15.1. The molecule has 1 heteroatoms. The van der Waals surface area contributed by atoms with E-state index in [0.717, 1.165) is 6.42 Å². The van der Waals surface area contributed by atoms with E-state index >= 15 is 0 Å². The fourth-order valence-corrected chi connectivity index (χ4v) is 10.7. The average Bonchev–Trinajstić information content (AvgIpc) is 4.00. The van der Waals surface area contributed by atoms with Gasteiger partial charge in [-0.3, -0.25) is 0 Å². The van der Waals surface area contributed by atoms with E-state index in [1.165, 1.54) is 109 Å². The van der Waals surface area contributed by atoms with Crippen molar-refractivity contribution in [2.45, 2.75) is 6.42 Å². The van der Waals surface area contributed by atoms with Crippen LogP contribution in [-0.2, 0) is 0 Å². The fraction of sp³-hybridized carbons (Fsp3) is 0.0545. The minimum atomic E-state index is -0.0177. The highest BCUT2D eigenvalue weighted by atomic mass is 15.2. The van der Waals surface area contributed by atoms with E-state index in [4.69, 9.17) is 0 Å². The third-order valence-electron chi connectivity index (χ3n) is 13.3. The van der Waals surface area contributed by atoms with E-state index in [-0.39, 0.29) is 5.41 Å². The van der Waals surface area contributed by atoms with Crippen LogP contribution in [0.15, 0.2) is 205 Å². The Bertz CT molecular complexity index is 3460. The van der Waals surface area contributed by atoms with Crippen molar-refractivity contribution >= 4 is 86.8 Å². The summed E-state index contributed by atoms with van der Waals surface area (Å²) in [5.74, 6) is 0.506. The van der Waals surface area contributed by atoms with Crippen molar-refractivity contribution in [1.82, 2.24) is 0 Å². The van der Waals surface area contributed by atoms with Gasteiger partial charge in [0.15, 0.2) is 0 Å². The van der Waals surface area contributed by atoms with Crippen molar-refractivity contribution in [3.05, 3.63) is 205 Å². The molecule has 13 rings (SSSR count). The van der Waals surface area contributed by atoms with E-state index in [9.17, 15) is 0 Å². The molecule has 0 radical (unpaired) electrons. The van der Waals surface area contributed by atoms with Crippen molar-refractivity contribution in [1.29, 1.82) is 0 Å². The van der Waals surface area contributed by atoms with Crippen molar-refractivity contribution in [3.8, 4) is 11.1 Å². The van der Waals surface area contributed by atoms with Gasteiger partial charge in [-0.05, 0) is 130 Å². The quantitative estimate of drug-likeness (QED) is 0.130. The fourth-order valence-electron chi connectivity index (χ4n) is 10.7. The lowest BCUT2D eigenvalue weighted by molar-refractivity contribution is 0.668. The first-order valence-electron chi connectivity index (χ1n) is 19.9. The summed E-state index contributed by atoms with van der Waals surface area (Å²) >= 11 is 0. The molecule has 0 bridgehead atoms. The average molecular weight is 710 g/mol. The third-order valence-corrected chi connectivity index (χ3v) is 13.3. The second kappa shape index (κ2) is 11.1. The number of rotatable bonds is 4. The molecule has 56 heavy (non-hydrogen) atoms. The molecule has 1 nitrogen and oxygen atoms in total. The van der Waals surface area contributed by atoms with E-state index in [1.54, 1.807) is 0 Å². The van der Waals surface area contributed by atoms with E-state index < -0.39 is 0 Å². The van der Waals surface area contributed by atoms with E-state index in [0.29, 0.717) is 5.92 Å². The van der Waals surface area contributed by atoms with Gasteiger partial charge in [0.2, 0.25) is 0 Å². The lowest BCUT2D eigenvalue weighted by Gasteiger charge is -2.38. The first kappa shape index (κ1) is 30.4. The smallest absolute Gasteiger partial charge is 0.0544 e. The summed E-state index contributed by atoms with van der Waals surface area (Å²) in [6.45, 7) is 0. The molecule has 1 saturated carbocycles. The van der Waals surface area contributed by atoms with Crippen LogP contribution in [0.1, 0.15) is 6.42 Å². The number of nitrogens with zero attached hydrogens (tertiary/aromatic N) is 1. The summed E-state index contributed by atoms with van der Waals surface area (Å²) in [4.78, 5) is 2.63. The predicted octanol–water partition coefficient (Wildman–Crippen LogP) is 15.0. The zero-order valence-corrected chi connectivity index (χ0v) is 30.7. The van der Waals surface area contributed by atoms with Crippen LogP contribution in [0.5, 0.6) is 0 Å². The van der Waals surface area contributed by atoms with Gasteiger partial charge in [0.1, 0.15) is 0 Å². The summed E-state index contributed by atoms with van der Waals surface area (Å²) in [5.41, 5.74) is 7.79. The highest BCUT2D eigenvalue weighted by Crippen LogP contribution is 2.68. The van der Waals surface area contributed by atoms with Crippen LogP contribution in [0.2, 0.25) is 0 Å². The number of allylic oxidation sites excluding steroid dienone is 7. The minimum Gasteiger partial charge on any atom is -0.312 e. The van der Waals surface area contributed by atoms with Gasteiger partial charge in [-0.25, -0.2) is 0 Å². The summed E-state index contributed by atoms with van der Waals surface area (Å²) in [5, 5.41) is 18.0. The molecule has 260 valence electrons. The summed E-state index contributed by atoms with van der Waals surface area (Å²) in [6, 6.07) is 59.4. The Labute approximate surface area is 324 Å². The summed E-state index contributed by atoms with van der Waals surface area (Å²) < 4.78 is 0. The normalized spacial score (nSPS) is 18.6. The van der Waals surface area contributed by atoms with Crippen LogP contribution in [0.3, 0.4) is 0 Å². The van der Waals surface area contributed by atoms with Gasteiger partial charge in [0, 0.05) is 21.9 Å². The number of fused-ring (bicyclic) bond motifs is 5. The second-order valence-electron chi connectivity index (χ2n) is 16.0. The molecule has 2 unspecified atom stereocenters. The third kappa shape index (κ3) is 4.04. The Morgan fingerprint density at radius 2 is 1.12 bits per heavy atom. The van der Waals surface area contributed by atoms with Crippen molar-refractivity contribution in [2.75, 3.05) is 4.90 Å². The van der Waals surface area contributed by atoms with Crippen LogP contribution >= 0.6 is 0 Å². The van der Waals surface area contributed by atoms with Crippen LogP contribution in [0.4, 0.5) is 11.4 Å². The molecule has 0 N–H and O–H groups in total. The maximum atomic E-state index is 2.63. The zero-order valence-electron chi connectivity index (χ0n) is 30.7. The maximum absolute atomic E-state index is 2.63. The van der Waals surface area contributed by atoms with Gasteiger partial charge in [-0.2, -0.15) is 0 Å². The lowest BCUT2D eigenvalue weighted by atomic mass is 9.81. The lowest BCUT2D eigenvalue weighted by Crippen LogP contribution is -2.28. The van der Waals surface area contributed by atoms with Gasteiger partial charge in [-0.1, -0.05) is 158 Å².